The van der Waals surface area contributed by atoms with Crippen molar-refractivity contribution in [1.82, 2.24) is 9.97 Å². The van der Waals surface area contributed by atoms with Crippen LogP contribution >= 0.6 is 11.6 Å². The van der Waals surface area contributed by atoms with Crippen LogP contribution in [0.1, 0.15) is 25.3 Å². The number of hydrogen-bond donors (Lipinski definition) is 1. The van der Waals surface area contributed by atoms with Crippen molar-refractivity contribution in [1.29, 1.82) is 0 Å². The second-order valence-electron chi connectivity index (χ2n) is 4.52. The lowest BCUT2D eigenvalue weighted by Crippen LogP contribution is -2.04. The van der Waals surface area contributed by atoms with Crippen molar-refractivity contribution in [2.45, 2.75) is 19.8 Å². The highest BCUT2D eigenvalue weighted by molar-refractivity contribution is 6.31. The normalized spacial score (nSPS) is 10.8. The van der Waals surface area contributed by atoms with E-state index in [0.29, 0.717) is 16.6 Å². The van der Waals surface area contributed by atoms with Crippen molar-refractivity contribution in [2.75, 3.05) is 12.8 Å². The van der Waals surface area contributed by atoms with Gasteiger partial charge in [0.05, 0.1) is 12.8 Å². The van der Waals surface area contributed by atoms with Crippen LogP contribution in [0, 0.1) is 0 Å². The fourth-order valence-electron chi connectivity index (χ4n) is 2.06. The zero-order valence-corrected chi connectivity index (χ0v) is 11.9. The molecule has 0 unspecified atom stereocenters. The second kappa shape index (κ2) is 5.45. The Morgan fingerprint density at radius 3 is 2.63 bits per heavy atom. The molecular weight excluding hydrogens is 262 g/mol. The molecule has 1 aromatic heterocycles. The molecule has 0 spiro atoms. The summed E-state index contributed by atoms with van der Waals surface area (Å²) in [5.41, 5.74) is 8.46. The predicted molar refractivity (Wildman–Crippen MR) is 77.5 cm³/mol. The predicted octanol–water partition coefficient (Wildman–Crippen LogP) is 3.51. The van der Waals surface area contributed by atoms with E-state index in [-0.39, 0.29) is 5.92 Å². The van der Waals surface area contributed by atoms with Crippen molar-refractivity contribution in [3.63, 3.8) is 0 Å². The smallest absolute Gasteiger partial charge is 0.130 e. The van der Waals surface area contributed by atoms with Crippen LogP contribution in [0.4, 0.5) is 5.82 Å². The topological polar surface area (TPSA) is 61.0 Å². The second-order valence-corrected chi connectivity index (χ2v) is 4.96. The first-order valence-corrected chi connectivity index (χ1v) is 6.36. The summed E-state index contributed by atoms with van der Waals surface area (Å²) in [6.07, 6.45) is 1.46. The molecule has 2 N–H and O–H groups in total. The molecule has 19 heavy (non-hydrogen) atoms. The molecule has 0 bridgehead atoms. The summed E-state index contributed by atoms with van der Waals surface area (Å²) in [7, 11) is 1.62. The SMILES string of the molecule is COc1ccc(Cl)cc1-c1ncnc(N)c1C(C)C. The van der Waals surface area contributed by atoms with Gasteiger partial charge in [0, 0.05) is 16.1 Å². The van der Waals surface area contributed by atoms with Crippen molar-refractivity contribution in [3.05, 3.63) is 35.1 Å². The monoisotopic (exact) mass is 277 g/mol. The molecular formula is C14H16ClN3O. The van der Waals surface area contributed by atoms with E-state index >= 15 is 0 Å². The largest absolute Gasteiger partial charge is 0.496 e. The summed E-state index contributed by atoms with van der Waals surface area (Å²) in [5.74, 6) is 1.41. The molecule has 0 amide bonds. The minimum absolute atomic E-state index is 0.208. The molecule has 100 valence electrons. The molecule has 5 heteroatoms. The molecule has 2 rings (SSSR count). The van der Waals surface area contributed by atoms with E-state index in [1.165, 1.54) is 6.33 Å². The van der Waals surface area contributed by atoms with Gasteiger partial charge in [-0.25, -0.2) is 9.97 Å². The summed E-state index contributed by atoms with van der Waals surface area (Å²) >= 11 is 6.07. The van der Waals surface area contributed by atoms with E-state index in [4.69, 9.17) is 22.1 Å². The third-order valence-corrected chi connectivity index (χ3v) is 3.14. The maximum Gasteiger partial charge on any atom is 0.130 e. The maximum atomic E-state index is 6.07. The zero-order valence-electron chi connectivity index (χ0n) is 11.1. The van der Waals surface area contributed by atoms with E-state index in [1.807, 2.05) is 12.1 Å². The van der Waals surface area contributed by atoms with Crippen LogP contribution in [-0.2, 0) is 0 Å². The molecule has 1 heterocycles. The number of halogens is 1. The van der Waals surface area contributed by atoms with Gasteiger partial charge in [-0.2, -0.15) is 0 Å². The number of anilines is 1. The Morgan fingerprint density at radius 2 is 2.00 bits per heavy atom. The van der Waals surface area contributed by atoms with Gasteiger partial charge in [0.1, 0.15) is 17.9 Å². The summed E-state index contributed by atoms with van der Waals surface area (Å²) in [6, 6.07) is 5.43. The van der Waals surface area contributed by atoms with Gasteiger partial charge in [-0.3, -0.25) is 0 Å². The average molecular weight is 278 g/mol. The highest BCUT2D eigenvalue weighted by atomic mass is 35.5. The third kappa shape index (κ3) is 2.63. The van der Waals surface area contributed by atoms with Gasteiger partial charge in [-0.05, 0) is 24.1 Å². The first-order valence-electron chi connectivity index (χ1n) is 5.99. The summed E-state index contributed by atoms with van der Waals surface area (Å²) < 4.78 is 5.37. The molecule has 4 nitrogen and oxygen atoms in total. The average Bonchev–Trinajstić information content (AvgIpc) is 2.37. The number of aromatic nitrogens is 2. The highest BCUT2D eigenvalue weighted by Gasteiger charge is 2.17. The lowest BCUT2D eigenvalue weighted by Gasteiger charge is -2.15. The first kappa shape index (κ1) is 13.6. The van der Waals surface area contributed by atoms with Gasteiger partial charge in [0.15, 0.2) is 0 Å². The van der Waals surface area contributed by atoms with E-state index in [0.717, 1.165) is 16.8 Å². The molecule has 0 aliphatic heterocycles. The minimum Gasteiger partial charge on any atom is -0.496 e. The molecule has 0 atom stereocenters. The Balaban J connectivity index is 2.71. The molecule has 0 aliphatic carbocycles. The Hall–Kier alpha value is -1.81. The number of hydrogen-bond acceptors (Lipinski definition) is 4. The Kier molecular flexibility index (Phi) is 3.90. The standard InChI is InChI=1S/C14H16ClN3O/c1-8(2)12-13(17-7-18-14(12)16)10-6-9(15)4-5-11(10)19-3/h4-8H,1-3H3,(H2,16,17,18). The maximum absolute atomic E-state index is 6.07. The first-order chi connectivity index (χ1) is 9.04. The van der Waals surface area contributed by atoms with Crippen molar-refractivity contribution < 1.29 is 4.74 Å². The lowest BCUT2D eigenvalue weighted by atomic mass is 9.97. The number of benzene rings is 1. The van der Waals surface area contributed by atoms with E-state index in [2.05, 4.69) is 23.8 Å². The molecule has 0 saturated heterocycles. The van der Waals surface area contributed by atoms with Crippen LogP contribution < -0.4 is 10.5 Å². The van der Waals surface area contributed by atoms with Crippen molar-refractivity contribution in [3.8, 4) is 17.0 Å². The van der Waals surface area contributed by atoms with Gasteiger partial charge >= 0.3 is 0 Å². The zero-order chi connectivity index (χ0) is 14.0. The van der Waals surface area contributed by atoms with Crippen LogP contribution in [0.15, 0.2) is 24.5 Å². The Bertz CT molecular complexity index is 599. The van der Waals surface area contributed by atoms with Crippen LogP contribution in [-0.4, -0.2) is 17.1 Å². The quantitative estimate of drug-likeness (QED) is 0.932. The third-order valence-electron chi connectivity index (χ3n) is 2.91. The molecule has 0 fully saturated rings. The number of nitrogen functional groups attached to an aromatic ring is 1. The van der Waals surface area contributed by atoms with Crippen molar-refractivity contribution in [2.24, 2.45) is 0 Å². The van der Waals surface area contributed by atoms with Crippen LogP contribution in [0.5, 0.6) is 5.75 Å². The van der Waals surface area contributed by atoms with Gasteiger partial charge in [0.25, 0.3) is 0 Å². The molecule has 0 aliphatic rings. The fraction of sp³-hybridized carbons (Fsp3) is 0.286. The van der Waals surface area contributed by atoms with Gasteiger partial charge in [-0.15, -0.1) is 0 Å². The van der Waals surface area contributed by atoms with Gasteiger partial charge in [-0.1, -0.05) is 25.4 Å². The fourth-order valence-corrected chi connectivity index (χ4v) is 2.23. The molecule has 0 saturated carbocycles. The lowest BCUT2D eigenvalue weighted by molar-refractivity contribution is 0.416. The van der Waals surface area contributed by atoms with Gasteiger partial charge in [0.2, 0.25) is 0 Å². The summed E-state index contributed by atoms with van der Waals surface area (Å²) in [6.45, 7) is 4.10. The van der Waals surface area contributed by atoms with Crippen LogP contribution in [0.25, 0.3) is 11.3 Å². The van der Waals surface area contributed by atoms with Crippen LogP contribution in [0.3, 0.4) is 0 Å². The Morgan fingerprint density at radius 1 is 1.26 bits per heavy atom. The minimum atomic E-state index is 0.208. The van der Waals surface area contributed by atoms with E-state index < -0.39 is 0 Å². The van der Waals surface area contributed by atoms with E-state index in [9.17, 15) is 0 Å². The number of methoxy groups -OCH3 is 1. The number of nitrogens with two attached hydrogens (primary N) is 1. The Labute approximate surface area is 117 Å². The van der Waals surface area contributed by atoms with Gasteiger partial charge < -0.3 is 10.5 Å². The van der Waals surface area contributed by atoms with Crippen LogP contribution in [0.2, 0.25) is 5.02 Å². The summed E-state index contributed by atoms with van der Waals surface area (Å²) in [4.78, 5) is 8.41. The number of nitrogens with zero attached hydrogens (tertiary/aromatic N) is 2. The molecule has 2 aromatic rings. The van der Waals surface area contributed by atoms with E-state index in [1.54, 1.807) is 13.2 Å². The van der Waals surface area contributed by atoms with Crippen molar-refractivity contribution >= 4 is 17.4 Å². The molecule has 0 radical (unpaired) electrons. The number of rotatable bonds is 3. The number of ether oxygens (including phenoxy) is 1. The highest BCUT2D eigenvalue weighted by Crippen LogP contribution is 2.37. The molecule has 1 aromatic carbocycles. The summed E-state index contributed by atoms with van der Waals surface area (Å²) in [5, 5.41) is 0.627.